The summed E-state index contributed by atoms with van der Waals surface area (Å²) in [5.74, 6) is -0.0269. The average Bonchev–Trinajstić information content (AvgIpc) is 2.62. The molecule has 0 unspecified atom stereocenters. The van der Waals surface area contributed by atoms with Crippen molar-refractivity contribution in [3.8, 4) is 0 Å². The summed E-state index contributed by atoms with van der Waals surface area (Å²) < 4.78 is 4.90. The standard InChI is InChI=1S/C19H22N2O3S/c1-14-7-9-15(10-8-14)21-19(23)16-5-3-4-6-17(16)25-13-18(22)20-11-12-24-2/h3-10H,11-13H2,1-2H3,(H,20,22)(H,21,23). The van der Waals surface area contributed by atoms with Crippen molar-refractivity contribution < 1.29 is 14.3 Å². The van der Waals surface area contributed by atoms with Crippen LogP contribution in [0.25, 0.3) is 0 Å². The number of benzene rings is 2. The van der Waals surface area contributed by atoms with E-state index in [2.05, 4.69) is 10.6 Å². The first kappa shape index (κ1) is 19.0. The van der Waals surface area contributed by atoms with Crippen molar-refractivity contribution in [3.05, 3.63) is 59.7 Å². The molecule has 0 fully saturated rings. The average molecular weight is 358 g/mol. The maximum absolute atomic E-state index is 12.5. The molecule has 5 nitrogen and oxygen atoms in total. The maximum Gasteiger partial charge on any atom is 0.256 e. The van der Waals surface area contributed by atoms with E-state index in [1.165, 1.54) is 11.8 Å². The maximum atomic E-state index is 12.5. The van der Waals surface area contributed by atoms with Gasteiger partial charge in [-0.2, -0.15) is 0 Å². The fourth-order valence-corrected chi connectivity index (χ4v) is 2.98. The van der Waals surface area contributed by atoms with Crippen molar-refractivity contribution in [2.45, 2.75) is 11.8 Å². The summed E-state index contributed by atoms with van der Waals surface area (Å²) in [6, 6.07) is 14.9. The van der Waals surface area contributed by atoms with E-state index in [1.54, 1.807) is 13.2 Å². The molecule has 25 heavy (non-hydrogen) atoms. The van der Waals surface area contributed by atoms with Crippen LogP contribution in [-0.4, -0.2) is 37.8 Å². The third-order valence-corrected chi connectivity index (χ3v) is 4.50. The van der Waals surface area contributed by atoms with Gasteiger partial charge in [0.15, 0.2) is 0 Å². The predicted octanol–water partition coefficient (Wildman–Crippen LogP) is 3.10. The fraction of sp³-hybridized carbons (Fsp3) is 0.263. The zero-order chi connectivity index (χ0) is 18.1. The van der Waals surface area contributed by atoms with Gasteiger partial charge in [0.05, 0.1) is 17.9 Å². The Hall–Kier alpha value is -2.31. The van der Waals surface area contributed by atoms with Crippen molar-refractivity contribution >= 4 is 29.3 Å². The molecule has 0 spiro atoms. The van der Waals surface area contributed by atoms with E-state index in [0.717, 1.165) is 16.1 Å². The van der Waals surface area contributed by atoms with E-state index >= 15 is 0 Å². The molecule has 0 saturated heterocycles. The lowest BCUT2D eigenvalue weighted by molar-refractivity contribution is -0.118. The Labute approximate surface area is 152 Å². The molecule has 2 rings (SSSR count). The number of ether oxygens (including phenoxy) is 1. The van der Waals surface area contributed by atoms with E-state index in [1.807, 2.05) is 49.4 Å². The molecule has 0 aromatic heterocycles. The van der Waals surface area contributed by atoms with E-state index in [-0.39, 0.29) is 17.6 Å². The van der Waals surface area contributed by atoms with Crippen LogP contribution in [-0.2, 0) is 9.53 Å². The van der Waals surface area contributed by atoms with E-state index in [4.69, 9.17) is 4.74 Å². The number of carbonyl (C=O) groups is 2. The number of hydrogen-bond donors (Lipinski definition) is 2. The summed E-state index contributed by atoms with van der Waals surface area (Å²) >= 11 is 1.34. The highest BCUT2D eigenvalue weighted by Crippen LogP contribution is 2.23. The van der Waals surface area contributed by atoms with Crippen LogP contribution in [0.1, 0.15) is 15.9 Å². The van der Waals surface area contributed by atoms with Gasteiger partial charge in [-0.25, -0.2) is 0 Å². The van der Waals surface area contributed by atoms with E-state index in [9.17, 15) is 9.59 Å². The van der Waals surface area contributed by atoms with Gasteiger partial charge in [-0.3, -0.25) is 9.59 Å². The lowest BCUT2D eigenvalue weighted by Gasteiger charge is -2.10. The van der Waals surface area contributed by atoms with Crippen LogP contribution >= 0.6 is 11.8 Å². The molecule has 0 aliphatic heterocycles. The molecule has 2 aromatic rings. The molecule has 0 aliphatic rings. The van der Waals surface area contributed by atoms with Crippen LogP contribution in [0.15, 0.2) is 53.4 Å². The number of nitrogens with one attached hydrogen (secondary N) is 2. The van der Waals surface area contributed by atoms with Crippen LogP contribution in [0.2, 0.25) is 0 Å². The van der Waals surface area contributed by atoms with Gasteiger partial charge in [-0.1, -0.05) is 29.8 Å². The third kappa shape index (κ3) is 6.25. The Kier molecular flexibility index (Phi) is 7.50. The van der Waals surface area contributed by atoms with Gasteiger partial charge < -0.3 is 15.4 Å². The quantitative estimate of drug-likeness (QED) is 0.562. The van der Waals surface area contributed by atoms with Crippen LogP contribution in [0.3, 0.4) is 0 Å². The molecular formula is C19H22N2O3S. The minimum Gasteiger partial charge on any atom is -0.383 e. The molecule has 0 aliphatic carbocycles. The normalized spacial score (nSPS) is 10.3. The van der Waals surface area contributed by atoms with Gasteiger partial charge in [0.25, 0.3) is 5.91 Å². The highest BCUT2D eigenvalue weighted by molar-refractivity contribution is 8.00. The Morgan fingerprint density at radius 1 is 1.08 bits per heavy atom. The number of aryl methyl sites for hydroxylation is 1. The molecule has 2 aromatic carbocycles. The Balaban J connectivity index is 1.98. The molecule has 2 amide bonds. The smallest absolute Gasteiger partial charge is 0.256 e. The summed E-state index contributed by atoms with van der Waals surface area (Å²) in [5, 5.41) is 5.65. The molecule has 0 radical (unpaired) electrons. The Morgan fingerprint density at radius 3 is 2.52 bits per heavy atom. The van der Waals surface area contributed by atoms with Gasteiger partial charge >= 0.3 is 0 Å². The third-order valence-electron chi connectivity index (χ3n) is 3.43. The van der Waals surface area contributed by atoms with Gasteiger partial charge in [-0.15, -0.1) is 11.8 Å². The summed E-state index contributed by atoms with van der Waals surface area (Å²) in [4.78, 5) is 25.1. The number of thioether (sulfide) groups is 1. The van der Waals surface area contributed by atoms with Gasteiger partial charge in [0, 0.05) is 24.2 Å². The van der Waals surface area contributed by atoms with E-state index in [0.29, 0.717) is 18.7 Å². The number of rotatable bonds is 8. The highest BCUT2D eigenvalue weighted by atomic mass is 32.2. The first-order chi connectivity index (χ1) is 12.1. The van der Waals surface area contributed by atoms with Crippen LogP contribution in [0.5, 0.6) is 0 Å². The van der Waals surface area contributed by atoms with Crippen LogP contribution in [0, 0.1) is 6.92 Å². The number of anilines is 1. The van der Waals surface area contributed by atoms with Crippen molar-refractivity contribution in [2.24, 2.45) is 0 Å². The van der Waals surface area contributed by atoms with Crippen molar-refractivity contribution in [2.75, 3.05) is 31.3 Å². The lowest BCUT2D eigenvalue weighted by atomic mass is 10.2. The molecule has 0 heterocycles. The number of amides is 2. The molecule has 132 valence electrons. The van der Waals surface area contributed by atoms with Crippen molar-refractivity contribution in [1.82, 2.24) is 5.32 Å². The molecule has 2 N–H and O–H groups in total. The van der Waals surface area contributed by atoms with Gasteiger partial charge in [0.1, 0.15) is 0 Å². The summed E-state index contributed by atoms with van der Waals surface area (Å²) in [6.45, 7) is 2.95. The molecule has 0 saturated carbocycles. The van der Waals surface area contributed by atoms with Gasteiger partial charge in [-0.05, 0) is 31.2 Å². The van der Waals surface area contributed by atoms with Gasteiger partial charge in [0.2, 0.25) is 5.91 Å². The number of carbonyl (C=O) groups excluding carboxylic acids is 2. The fourth-order valence-electron chi connectivity index (χ4n) is 2.10. The highest BCUT2D eigenvalue weighted by Gasteiger charge is 2.13. The summed E-state index contributed by atoms with van der Waals surface area (Å²) in [5.41, 5.74) is 2.43. The second-order valence-corrected chi connectivity index (χ2v) is 6.46. The predicted molar refractivity (Wildman–Crippen MR) is 101 cm³/mol. The van der Waals surface area contributed by atoms with E-state index < -0.39 is 0 Å². The Bertz CT molecular complexity index is 717. The lowest BCUT2D eigenvalue weighted by Crippen LogP contribution is -2.28. The molecule has 0 atom stereocenters. The monoisotopic (exact) mass is 358 g/mol. The van der Waals surface area contributed by atoms with Crippen LogP contribution in [0.4, 0.5) is 5.69 Å². The minimum atomic E-state index is -0.188. The molecular weight excluding hydrogens is 336 g/mol. The van der Waals surface area contributed by atoms with Crippen molar-refractivity contribution in [3.63, 3.8) is 0 Å². The largest absolute Gasteiger partial charge is 0.383 e. The molecule has 6 heteroatoms. The summed E-state index contributed by atoms with van der Waals surface area (Å²) in [7, 11) is 1.59. The second kappa shape index (κ2) is 9.86. The second-order valence-electron chi connectivity index (χ2n) is 5.45. The topological polar surface area (TPSA) is 67.4 Å². The Morgan fingerprint density at radius 2 is 1.80 bits per heavy atom. The number of hydrogen-bond acceptors (Lipinski definition) is 4. The van der Waals surface area contributed by atoms with Crippen LogP contribution < -0.4 is 10.6 Å². The minimum absolute atomic E-state index is 0.0872. The zero-order valence-corrected chi connectivity index (χ0v) is 15.2. The molecule has 0 bridgehead atoms. The first-order valence-corrected chi connectivity index (χ1v) is 8.94. The van der Waals surface area contributed by atoms with Crippen molar-refractivity contribution in [1.29, 1.82) is 0 Å². The zero-order valence-electron chi connectivity index (χ0n) is 14.4. The first-order valence-electron chi connectivity index (χ1n) is 7.95. The number of methoxy groups -OCH3 is 1. The SMILES string of the molecule is COCCNC(=O)CSc1ccccc1C(=O)Nc1ccc(C)cc1. The summed E-state index contributed by atoms with van der Waals surface area (Å²) in [6.07, 6.45) is 0.